The molecule has 2 atom stereocenters. The van der Waals surface area contributed by atoms with Gasteiger partial charge in [0.25, 0.3) is 5.91 Å². The third-order valence-electron chi connectivity index (χ3n) is 4.42. The van der Waals surface area contributed by atoms with Gasteiger partial charge in [0, 0.05) is 17.8 Å². The van der Waals surface area contributed by atoms with Gasteiger partial charge in [-0.1, -0.05) is 25.8 Å². The molecule has 19 heavy (non-hydrogen) atoms. The lowest BCUT2D eigenvalue weighted by Gasteiger charge is -2.17. The van der Waals surface area contributed by atoms with Gasteiger partial charge in [0.1, 0.15) is 0 Å². The monoisotopic (exact) mass is 260 g/mol. The summed E-state index contributed by atoms with van der Waals surface area (Å²) in [6, 6.07) is 3.76. The average Bonchev–Trinajstić information content (AvgIpc) is 2.76. The smallest absolute Gasteiger partial charge is 0.251 e. The van der Waals surface area contributed by atoms with Gasteiger partial charge in [-0.15, -0.1) is 0 Å². The zero-order chi connectivity index (χ0) is 14.0. The van der Waals surface area contributed by atoms with Crippen molar-refractivity contribution in [1.82, 2.24) is 5.32 Å². The summed E-state index contributed by atoms with van der Waals surface area (Å²) in [7, 11) is 0. The number of hydrogen-bond donors (Lipinski definition) is 2. The Labute approximate surface area is 115 Å². The second-order valence-corrected chi connectivity index (χ2v) is 5.90. The highest BCUT2D eigenvalue weighted by molar-refractivity contribution is 5.96. The number of nitrogens with two attached hydrogens (primary N) is 1. The minimum Gasteiger partial charge on any atom is -0.398 e. The summed E-state index contributed by atoms with van der Waals surface area (Å²) in [6.45, 7) is 6.98. The highest BCUT2D eigenvalue weighted by Gasteiger charge is 2.23. The molecule has 3 heteroatoms. The maximum Gasteiger partial charge on any atom is 0.251 e. The molecule has 3 nitrogen and oxygen atoms in total. The van der Waals surface area contributed by atoms with E-state index in [1.54, 1.807) is 6.07 Å². The molecule has 1 aromatic carbocycles. The average molecular weight is 260 g/mol. The predicted octanol–water partition coefficient (Wildman–Crippen LogP) is 3.05. The Kier molecular flexibility index (Phi) is 4.13. The Balaban J connectivity index is 2.02. The second-order valence-electron chi connectivity index (χ2n) is 5.90. The lowest BCUT2D eigenvalue weighted by Crippen LogP contribution is -2.30. The molecule has 2 unspecified atom stereocenters. The molecular weight excluding hydrogens is 236 g/mol. The zero-order valence-corrected chi connectivity index (χ0v) is 12.1. The van der Waals surface area contributed by atoms with Crippen molar-refractivity contribution in [3.05, 3.63) is 28.8 Å². The summed E-state index contributed by atoms with van der Waals surface area (Å²) < 4.78 is 0. The van der Waals surface area contributed by atoms with E-state index >= 15 is 0 Å². The van der Waals surface area contributed by atoms with Crippen molar-refractivity contribution >= 4 is 11.6 Å². The standard InChI is InChI=1S/C16H24N2O/c1-10-5-4-6-13(10)9-18-16(19)14-8-15(17)12(3)7-11(14)2/h7-8,10,13H,4-6,9,17H2,1-3H3,(H,18,19). The van der Waals surface area contributed by atoms with Gasteiger partial charge < -0.3 is 11.1 Å². The van der Waals surface area contributed by atoms with Crippen LogP contribution in [0.15, 0.2) is 12.1 Å². The van der Waals surface area contributed by atoms with Crippen LogP contribution in [-0.4, -0.2) is 12.5 Å². The van der Waals surface area contributed by atoms with Gasteiger partial charge in [-0.05, 0) is 49.3 Å². The highest BCUT2D eigenvalue weighted by Crippen LogP contribution is 2.30. The number of nitrogens with one attached hydrogen (secondary N) is 1. The summed E-state index contributed by atoms with van der Waals surface area (Å²) in [6.07, 6.45) is 3.81. The number of anilines is 1. The van der Waals surface area contributed by atoms with Crippen LogP contribution in [0, 0.1) is 25.7 Å². The molecular formula is C16H24N2O. The number of nitrogen functional groups attached to an aromatic ring is 1. The molecule has 1 fully saturated rings. The number of carbonyl (C=O) groups excluding carboxylic acids is 1. The SMILES string of the molecule is Cc1cc(C)c(C(=O)NCC2CCCC2C)cc1N. The Morgan fingerprint density at radius 3 is 2.68 bits per heavy atom. The van der Waals surface area contributed by atoms with Crippen LogP contribution >= 0.6 is 0 Å². The van der Waals surface area contributed by atoms with Crippen LogP contribution in [0.1, 0.15) is 47.7 Å². The number of carbonyl (C=O) groups is 1. The Bertz CT molecular complexity index is 482. The number of rotatable bonds is 3. The predicted molar refractivity (Wildman–Crippen MR) is 79.2 cm³/mol. The molecule has 0 spiro atoms. The Hall–Kier alpha value is -1.51. The van der Waals surface area contributed by atoms with E-state index in [0.29, 0.717) is 17.2 Å². The molecule has 104 valence electrons. The Morgan fingerprint density at radius 1 is 1.32 bits per heavy atom. The molecule has 0 aromatic heterocycles. The zero-order valence-electron chi connectivity index (χ0n) is 12.1. The molecule has 3 N–H and O–H groups in total. The fraction of sp³-hybridized carbons (Fsp3) is 0.562. The normalized spacial score (nSPS) is 22.5. The van der Waals surface area contributed by atoms with Crippen LogP contribution in [-0.2, 0) is 0 Å². The summed E-state index contributed by atoms with van der Waals surface area (Å²) in [5.41, 5.74) is 9.29. The van der Waals surface area contributed by atoms with Crippen LogP contribution in [0.5, 0.6) is 0 Å². The van der Waals surface area contributed by atoms with E-state index in [1.165, 1.54) is 19.3 Å². The summed E-state index contributed by atoms with van der Waals surface area (Å²) in [4.78, 5) is 12.2. The first-order chi connectivity index (χ1) is 8.99. The molecule has 1 amide bonds. The number of aryl methyl sites for hydroxylation is 2. The maximum atomic E-state index is 12.2. The van der Waals surface area contributed by atoms with Gasteiger partial charge in [0.05, 0.1) is 0 Å². The van der Waals surface area contributed by atoms with E-state index in [4.69, 9.17) is 5.73 Å². The van der Waals surface area contributed by atoms with Gasteiger partial charge in [0.15, 0.2) is 0 Å². The first kappa shape index (κ1) is 13.9. The van der Waals surface area contributed by atoms with Crippen molar-refractivity contribution in [2.24, 2.45) is 11.8 Å². The number of benzene rings is 1. The molecule has 1 aliphatic rings. The van der Waals surface area contributed by atoms with Crippen molar-refractivity contribution < 1.29 is 4.79 Å². The van der Waals surface area contributed by atoms with Crippen LogP contribution in [0.2, 0.25) is 0 Å². The van der Waals surface area contributed by atoms with Crippen molar-refractivity contribution in [2.45, 2.75) is 40.0 Å². The fourth-order valence-electron chi connectivity index (χ4n) is 2.96. The lowest BCUT2D eigenvalue weighted by atomic mass is 9.98. The van der Waals surface area contributed by atoms with E-state index in [2.05, 4.69) is 12.2 Å². The first-order valence-corrected chi connectivity index (χ1v) is 7.14. The summed E-state index contributed by atoms with van der Waals surface area (Å²) in [5, 5.41) is 3.06. The number of hydrogen-bond acceptors (Lipinski definition) is 2. The van der Waals surface area contributed by atoms with Crippen molar-refractivity contribution in [3.8, 4) is 0 Å². The first-order valence-electron chi connectivity index (χ1n) is 7.14. The quantitative estimate of drug-likeness (QED) is 0.821. The molecule has 0 heterocycles. The minimum atomic E-state index is 0.00306. The third-order valence-corrected chi connectivity index (χ3v) is 4.42. The maximum absolute atomic E-state index is 12.2. The van der Waals surface area contributed by atoms with Crippen LogP contribution in [0.25, 0.3) is 0 Å². The Morgan fingerprint density at radius 2 is 2.05 bits per heavy atom. The van der Waals surface area contributed by atoms with E-state index in [-0.39, 0.29) is 5.91 Å². The molecule has 1 aliphatic carbocycles. The molecule has 0 saturated heterocycles. The van der Waals surface area contributed by atoms with Gasteiger partial charge in [-0.2, -0.15) is 0 Å². The van der Waals surface area contributed by atoms with E-state index in [0.717, 1.165) is 23.6 Å². The van der Waals surface area contributed by atoms with Gasteiger partial charge in [0.2, 0.25) is 0 Å². The van der Waals surface area contributed by atoms with Gasteiger partial charge in [-0.3, -0.25) is 4.79 Å². The summed E-state index contributed by atoms with van der Waals surface area (Å²) in [5.74, 6) is 1.36. The fourth-order valence-corrected chi connectivity index (χ4v) is 2.96. The topological polar surface area (TPSA) is 55.1 Å². The summed E-state index contributed by atoms with van der Waals surface area (Å²) >= 11 is 0. The molecule has 1 saturated carbocycles. The third kappa shape index (κ3) is 3.09. The van der Waals surface area contributed by atoms with Crippen molar-refractivity contribution in [1.29, 1.82) is 0 Å². The second kappa shape index (κ2) is 5.64. The van der Waals surface area contributed by atoms with Crippen LogP contribution in [0.3, 0.4) is 0 Å². The van der Waals surface area contributed by atoms with E-state index < -0.39 is 0 Å². The van der Waals surface area contributed by atoms with Gasteiger partial charge in [-0.25, -0.2) is 0 Å². The highest BCUT2D eigenvalue weighted by atomic mass is 16.1. The molecule has 0 aliphatic heterocycles. The van der Waals surface area contributed by atoms with Crippen molar-refractivity contribution in [2.75, 3.05) is 12.3 Å². The molecule has 0 radical (unpaired) electrons. The molecule has 0 bridgehead atoms. The van der Waals surface area contributed by atoms with Crippen LogP contribution in [0.4, 0.5) is 5.69 Å². The van der Waals surface area contributed by atoms with Crippen LogP contribution < -0.4 is 11.1 Å². The van der Waals surface area contributed by atoms with E-state index in [1.807, 2.05) is 19.9 Å². The molecule has 2 rings (SSSR count). The van der Waals surface area contributed by atoms with E-state index in [9.17, 15) is 4.79 Å². The molecule has 1 aromatic rings. The minimum absolute atomic E-state index is 0.00306. The van der Waals surface area contributed by atoms with Crippen molar-refractivity contribution in [3.63, 3.8) is 0 Å². The largest absolute Gasteiger partial charge is 0.398 e. The van der Waals surface area contributed by atoms with Gasteiger partial charge >= 0.3 is 0 Å². The lowest BCUT2D eigenvalue weighted by molar-refractivity contribution is 0.0944. The number of amides is 1.